The Morgan fingerprint density at radius 3 is 2.74 bits per heavy atom. The quantitative estimate of drug-likeness (QED) is 0.222. The first-order valence-corrected chi connectivity index (χ1v) is 14.6. The molecule has 16 heteroatoms. The van der Waals surface area contributed by atoms with Gasteiger partial charge >= 0.3 is 18.2 Å². The largest absolute Gasteiger partial charge is 0.497 e. The Balaban J connectivity index is 1.32. The van der Waals surface area contributed by atoms with Crippen LogP contribution < -0.4 is 20.7 Å². The average Bonchev–Trinajstić information content (AvgIpc) is 3.63. The highest BCUT2D eigenvalue weighted by Crippen LogP contribution is 2.38. The molecule has 2 aromatic heterocycles. The molecule has 2 atom stereocenters. The molecule has 0 aliphatic carbocycles. The zero-order valence-corrected chi connectivity index (χ0v) is 24.9. The summed E-state index contributed by atoms with van der Waals surface area (Å²) < 4.78 is 45.2. The van der Waals surface area contributed by atoms with Crippen molar-refractivity contribution in [3.63, 3.8) is 0 Å². The minimum atomic E-state index is -5.37. The fourth-order valence-electron chi connectivity index (χ4n) is 4.81. The van der Waals surface area contributed by atoms with Crippen LogP contribution >= 0.6 is 27.3 Å². The minimum Gasteiger partial charge on any atom is -0.492 e. The van der Waals surface area contributed by atoms with Crippen LogP contribution in [0.15, 0.2) is 34.9 Å². The number of urea groups is 1. The third-order valence-corrected chi connectivity index (χ3v) is 8.97. The summed E-state index contributed by atoms with van der Waals surface area (Å²) in [7, 11) is 0. The van der Waals surface area contributed by atoms with Crippen LogP contribution in [0.4, 0.5) is 23.9 Å². The van der Waals surface area contributed by atoms with Gasteiger partial charge in [-0.1, -0.05) is 0 Å². The summed E-state index contributed by atoms with van der Waals surface area (Å²) in [6.45, 7) is 3.31. The van der Waals surface area contributed by atoms with E-state index in [4.69, 9.17) is 4.74 Å². The first kappa shape index (κ1) is 30.1. The Kier molecular flexibility index (Phi) is 8.17. The van der Waals surface area contributed by atoms with E-state index in [0.717, 1.165) is 40.1 Å². The lowest BCUT2D eigenvalue weighted by Crippen LogP contribution is -2.64. The van der Waals surface area contributed by atoms with Crippen LogP contribution in [-0.2, 0) is 14.4 Å². The molecule has 4 heterocycles. The summed E-state index contributed by atoms with van der Waals surface area (Å²) in [6.07, 6.45) is -1.62. The van der Waals surface area contributed by atoms with Gasteiger partial charge in [0.05, 0.1) is 15.9 Å². The molecule has 1 unspecified atom stereocenters. The van der Waals surface area contributed by atoms with E-state index in [-0.39, 0.29) is 12.5 Å². The van der Waals surface area contributed by atoms with E-state index < -0.39 is 40.8 Å². The molecule has 2 aliphatic rings. The molecule has 3 amide bonds. The van der Waals surface area contributed by atoms with Gasteiger partial charge in [0.1, 0.15) is 24.6 Å². The minimum absolute atomic E-state index is 0.114. The monoisotopic (exact) mass is 671 g/mol. The van der Waals surface area contributed by atoms with Crippen molar-refractivity contribution >= 4 is 61.2 Å². The highest BCUT2D eigenvalue weighted by Gasteiger charge is 2.67. The van der Waals surface area contributed by atoms with Gasteiger partial charge in [-0.25, -0.2) is 24.9 Å². The van der Waals surface area contributed by atoms with E-state index in [1.54, 1.807) is 0 Å². The van der Waals surface area contributed by atoms with Crippen LogP contribution in [0.5, 0.6) is 5.75 Å². The maximum atomic E-state index is 13.0. The number of nitrogens with zero attached hydrogens (tertiary/aromatic N) is 3. The molecule has 0 spiro atoms. The number of hydrogen-bond donors (Lipinski definition) is 3. The van der Waals surface area contributed by atoms with E-state index in [1.165, 1.54) is 31.4 Å². The maximum Gasteiger partial charge on any atom is 0.497 e. The molecule has 11 nitrogen and oxygen atoms in total. The van der Waals surface area contributed by atoms with Gasteiger partial charge in [-0.05, 0) is 69.6 Å². The van der Waals surface area contributed by atoms with Crippen molar-refractivity contribution in [1.29, 1.82) is 0 Å². The summed E-state index contributed by atoms with van der Waals surface area (Å²) in [6, 6.07) is 7.00. The van der Waals surface area contributed by atoms with Crippen LogP contribution in [0.1, 0.15) is 26.7 Å². The van der Waals surface area contributed by atoms with Gasteiger partial charge in [-0.2, -0.15) is 13.2 Å². The summed E-state index contributed by atoms with van der Waals surface area (Å²) in [4.78, 5) is 50.9. The lowest BCUT2D eigenvalue weighted by Gasteiger charge is -2.35. The van der Waals surface area contributed by atoms with E-state index in [0.29, 0.717) is 22.8 Å². The SMILES string of the molecule is CC1(C)C(=O)NC(=O)[N+]1(CCNc1ncc(Br)c(-c2cc3cc(OC[C@@H]4CCCN4)ccc3s2)n1)OC(=O)C(F)(F)F. The number of rotatable bonds is 9. The molecule has 2 aliphatic heterocycles. The summed E-state index contributed by atoms with van der Waals surface area (Å²) >= 11 is 4.98. The lowest BCUT2D eigenvalue weighted by molar-refractivity contribution is -1.05. The third kappa shape index (κ3) is 5.80. The number of thiophene rings is 1. The number of quaternary nitrogens is 1. The van der Waals surface area contributed by atoms with Crippen molar-refractivity contribution in [1.82, 2.24) is 20.6 Å². The molecule has 2 fully saturated rings. The van der Waals surface area contributed by atoms with E-state index >= 15 is 0 Å². The zero-order valence-electron chi connectivity index (χ0n) is 22.5. The Morgan fingerprint density at radius 2 is 2.07 bits per heavy atom. The maximum absolute atomic E-state index is 13.0. The smallest absolute Gasteiger partial charge is 0.492 e. The number of fused-ring (bicyclic) bond motifs is 1. The third-order valence-electron chi connectivity index (χ3n) is 7.27. The number of ether oxygens (including phenoxy) is 1. The van der Waals surface area contributed by atoms with Crippen LogP contribution in [-0.4, -0.2) is 76.5 Å². The number of aromatic nitrogens is 2. The Morgan fingerprint density at radius 1 is 1.29 bits per heavy atom. The van der Waals surface area contributed by atoms with E-state index in [9.17, 15) is 27.6 Å². The second-order valence-corrected chi connectivity index (χ2v) is 12.3. The fourth-order valence-corrected chi connectivity index (χ4v) is 6.39. The molecule has 2 saturated heterocycles. The number of nitrogens with one attached hydrogen (secondary N) is 3. The van der Waals surface area contributed by atoms with Crippen molar-refractivity contribution in [3.05, 3.63) is 34.9 Å². The van der Waals surface area contributed by atoms with Crippen LogP contribution in [0.25, 0.3) is 20.7 Å². The van der Waals surface area contributed by atoms with Crippen molar-refractivity contribution in [2.24, 2.45) is 0 Å². The van der Waals surface area contributed by atoms with Gasteiger partial charge in [-0.3, -0.25) is 9.63 Å². The summed E-state index contributed by atoms with van der Waals surface area (Å²) in [5, 5.41) is 9.19. The number of alkyl halides is 3. The van der Waals surface area contributed by atoms with E-state index in [1.807, 2.05) is 29.6 Å². The molecular formula is C26H27BrF3N6O5S+. The molecule has 5 rings (SSSR count). The topological polar surface area (TPSA) is 132 Å². The van der Waals surface area contributed by atoms with Crippen LogP contribution in [0.3, 0.4) is 0 Å². The van der Waals surface area contributed by atoms with Crippen molar-refractivity contribution in [3.8, 4) is 16.3 Å². The second-order valence-electron chi connectivity index (χ2n) is 10.4. The number of carbonyl (C=O) groups is 3. The Labute approximate surface area is 250 Å². The predicted octanol–water partition coefficient (Wildman–Crippen LogP) is 4.53. The summed E-state index contributed by atoms with van der Waals surface area (Å²) in [5.41, 5.74) is -1.26. The standard InChI is InChI=1S/C26H26BrF3N6O5S/c1-25(2)21(37)35-24(39)36(25,41-22(38)26(28,29)30)9-8-32-23-33-12-17(27)20(34-23)19-11-14-10-16(5-6-18(14)42-19)40-13-15-4-3-7-31-15/h5-6,10-12,15,31H,3-4,7-9,13H2,1-2H3,(H-,32,33,34,35,37,39)/p+1/t15-,36?/m0/s1. The lowest BCUT2D eigenvalue weighted by atomic mass is 10.0. The fraction of sp³-hybridized carbons (Fsp3) is 0.423. The van der Waals surface area contributed by atoms with Crippen molar-refractivity contribution in [2.75, 3.05) is 31.6 Å². The average molecular weight is 673 g/mol. The number of benzene rings is 1. The van der Waals surface area contributed by atoms with Gasteiger partial charge in [0.15, 0.2) is 0 Å². The molecule has 224 valence electrons. The van der Waals surface area contributed by atoms with Crippen molar-refractivity contribution < 1.29 is 41.8 Å². The highest BCUT2D eigenvalue weighted by molar-refractivity contribution is 9.10. The highest BCUT2D eigenvalue weighted by atomic mass is 79.9. The van der Waals surface area contributed by atoms with Gasteiger partial charge in [0, 0.05) is 30.8 Å². The zero-order chi connectivity index (χ0) is 30.3. The molecule has 42 heavy (non-hydrogen) atoms. The van der Waals surface area contributed by atoms with E-state index in [2.05, 4.69) is 41.4 Å². The molecule has 3 aromatic rings. The van der Waals surface area contributed by atoms with Gasteiger partial charge in [0.25, 0.3) is 5.91 Å². The van der Waals surface area contributed by atoms with Gasteiger partial charge < -0.3 is 15.4 Å². The number of halogens is 4. The predicted molar refractivity (Wildman–Crippen MR) is 150 cm³/mol. The molecule has 1 aromatic carbocycles. The second kappa shape index (κ2) is 11.4. The molecule has 0 bridgehead atoms. The number of amides is 3. The first-order chi connectivity index (χ1) is 19.8. The van der Waals surface area contributed by atoms with Gasteiger partial charge in [-0.15, -0.1) is 11.3 Å². The molecular weight excluding hydrogens is 645 g/mol. The Hall–Kier alpha value is -3.34. The summed E-state index contributed by atoms with van der Waals surface area (Å²) in [5.74, 6) is -2.59. The molecule has 0 saturated carbocycles. The number of hydroxylamine groups is 3. The number of anilines is 1. The normalized spacial score (nSPS) is 21.9. The molecule has 3 N–H and O–H groups in total. The van der Waals surface area contributed by atoms with Crippen LogP contribution in [0.2, 0.25) is 0 Å². The van der Waals surface area contributed by atoms with Gasteiger partial charge in [0.2, 0.25) is 11.5 Å². The Bertz CT molecular complexity index is 1540. The van der Waals surface area contributed by atoms with Crippen molar-refractivity contribution in [2.45, 2.75) is 44.4 Å². The number of imide groups is 1. The number of carbonyl (C=O) groups excluding carboxylic acids is 3. The molecule has 0 radical (unpaired) electrons. The number of hydrogen-bond acceptors (Lipinski definition) is 10. The van der Waals surface area contributed by atoms with Crippen LogP contribution in [0, 0.1) is 0 Å². The first-order valence-electron chi connectivity index (χ1n) is 13.0.